The highest BCUT2D eigenvalue weighted by atomic mass is 16.2. The van der Waals surface area contributed by atoms with Crippen molar-refractivity contribution in [3.05, 3.63) is 68.5 Å². The first kappa shape index (κ1) is 25.1. The summed E-state index contributed by atoms with van der Waals surface area (Å²) in [6.07, 6.45) is 7.18. The number of piperazine rings is 1. The summed E-state index contributed by atoms with van der Waals surface area (Å²) in [6.45, 7) is 7.88. The second-order valence-corrected chi connectivity index (χ2v) is 9.89. The quantitative estimate of drug-likeness (QED) is 0.456. The molecule has 5 rings (SSSR count). The lowest BCUT2D eigenvalue weighted by atomic mass is 9.94. The van der Waals surface area contributed by atoms with Crippen molar-refractivity contribution in [1.82, 2.24) is 30.6 Å². The van der Waals surface area contributed by atoms with Gasteiger partial charge in [-0.3, -0.25) is 9.59 Å². The van der Waals surface area contributed by atoms with E-state index >= 15 is 0 Å². The standard InChI is InChI=1S/C28H35N7O2/c1-3-6-19-15-18(2)32-27(36)22(19)17-31-28(37)25-21-7-4-5-8-23(21)33-26(34-25)20-9-10-24(30-16-20)35-13-11-29-12-14-35/h9-10,15-16,29H,3-8,11-14,17H2,1-2H3,(H,31,37)(H,32,36). The molecule has 4 heterocycles. The molecule has 0 saturated carbocycles. The molecule has 0 unspecified atom stereocenters. The van der Waals surface area contributed by atoms with Crippen molar-refractivity contribution in [1.29, 1.82) is 0 Å². The van der Waals surface area contributed by atoms with Crippen LogP contribution in [0.2, 0.25) is 0 Å². The van der Waals surface area contributed by atoms with Gasteiger partial charge in [-0.05, 0) is 62.8 Å². The summed E-state index contributed by atoms with van der Waals surface area (Å²) in [5, 5.41) is 6.33. The van der Waals surface area contributed by atoms with Crippen LogP contribution in [0.4, 0.5) is 5.82 Å². The van der Waals surface area contributed by atoms with Gasteiger partial charge in [0.05, 0.1) is 0 Å². The maximum absolute atomic E-state index is 13.4. The zero-order chi connectivity index (χ0) is 25.8. The summed E-state index contributed by atoms with van der Waals surface area (Å²) in [4.78, 5) is 45.4. The highest BCUT2D eigenvalue weighted by molar-refractivity contribution is 5.94. The van der Waals surface area contributed by atoms with Crippen LogP contribution in [0.1, 0.15) is 64.8 Å². The van der Waals surface area contributed by atoms with E-state index in [1.54, 1.807) is 6.20 Å². The van der Waals surface area contributed by atoms with Gasteiger partial charge in [0.1, 0.15) is 11.5 Å². The number of hydrogen-bond donors (Lipinski definition) is 3. The predicted octanol–water partition coefficient (Wildman–Crippen LogP) is 2.71. The molecule has 3 N–H and O–H groups in total. The van der Waals surface area contributed by atoms with Gasteiger partial charge in [-0.15, -0.1) is 0 Å². The predicted molar refractivity (Wildman–Crippen MR) is 144 cm³/mol. The SMILES string of the molecule is CCCc1cc(C)[nH]c(=O)c1CNC(=O)c1nc(-c2ccc(N3CCNCC3)nc2)nc2c1CCCC2. The molecule has 0 radical (unpaired) electrons. The van der Waals surface area contributed by atoms with Crippen molar-refractivity contribution >= 4 is 11.7 Å². The van der Waals surface area contributed by atoms with E-state index in [0.29, 0.717) is 17.1 Å². The van der Waals surface area contributed by atoms with E-state index in [1.165, 1.54) is 0 Å². The van der Waals surface area contributed by atoms with Crippen LogP contribution in [0.3, 0.4) is 0 Å². The van der Waals surface area contributed by atoms with Crippen LogP contribution in [0.5, 0.6) is 0 Å². The summed E-state index contributed by atoms with van der Waals surface area (Å²) in [5.41, 5.74) is 5.33. The molecule has 3 aromatic rings. The van der Waals surface area contributed by atoms with Crippen molar-refractivity contribution in [3.63, 3.8) is 0 Å². The fourth-order valence-corrected chi connectivity index (χ4v) is 5.23. The number of carbonyl (C=O) groups excluding carboxylic acids is 1. The molecule has 3 aromatic heterocycles. The van der Waals surface area contributed by atoms with Crippen molar-refractivity contribution in [2.45, 2.75) is 58.9 Å². The molecule has 0 aromatic carbocycles. The first-order valence-corrected chi connectivity index (χ1v) is 13.3. The van der Waals surface area contributed by atoms with Crippen LogP contribution in [0.25, 0.3) is 11.4 Å². The molecule has 9 heteroatoms. The van der Waals surface area contributed by atoms with Crippen LogP contribution in [-0.2, 0) is 25.8 Å². The highest BCUT2D eigenvalue weighted by Gasteiger charge is 2.23. The van der Waals surface area contributed by atoms with E-state index in [-0.39, 0.29) is 18.0 Å². The first-order chi connectivity index (χ1) is 18.0. The van der Waals surface area contributed by atoms with Crippen LogP contribution < -0.4 is 21.1 Å². The van der Waals surface area contributed by atoms with Gasteiger partial charge in [0.15, 0.2) is 5.82 Å². The Morgan fingerprint density at radius 3 is 2.70 bits per heavy atom. The summed E-state index contributed by atoms with van der Waals surface area (Å²) < 4.78 is 0. The molecule has 1 aliphatic carbocycles. The molecule has 0 bridgehead atoms. The number of pyridine rings is 2. The summed E-state index contributed by atoms with van der Waals surface area (Å²) in [7, 11) is 0. The molecular weight excluding hydrogens is 466 g/mol. The van der Waals surface area contributed by atoms with E-state index in [1.807, 2.05) is 25.1 Å². The molecule has 9 nitrogen and oxygen atoms in total. The number of nitrogens with zero attached hydrogens (tertiary/aromatic N) is 4. The normalized spacial score (nSPS) is 15.4. The third-order valence-electron chi connectivity index (χ3n) is 7.15. The van der Waals surface area contributed by atoms with Gasteiger partial charge in [0, 0.05) is 67.0 Å². The summed E-state index contributed by atoms with van der Waals surface area (Å²) >= 11 is 0. The van der Waals surface area contributed by atoms with E-state index in [4.69, 9.17) is 9.97 Å². The lowest BCUT2D eigenvalue weighted by Gasteiger charge is -2.28. The fourth-order valence-electron chi connectivity index (χ4n) is 5.23. The Morgan fingerprint density at radius 1 is 1.14 bits per heavy atom. The number of nitrogens with one attached hydrogen (secondary N) is 3. The summed E-state index contributed by atoms with van der Waals surface area (Å²) in [6, 6.07) is 5.98. The number of aromatic amines is 1. The number of hydrogen-bond acceptors (Lipinski definition) is 7. The zero-order valence-corrected chi connectivity index (χ0v) is 21.7. The van der Waals surface area contributed by atoms with Crippen molar-refractivity contribution in [3.8, 4) is 11.4 Å². The lowest BCUT2D eigenvalue weighted by molar-refractivity contribution is 0.0944. The number of carbonyl (C=O) groups is 1. The van der Waals surface area contributed by atoms with Gasteiger partial charge in [-0.25, -0.2) is 15.0 Å². The number of amides is 1. The second kappa shape index (κ2) is 11.2. The van der Waals surface area contributed by atoms with Gasteiger partial charge in [-0.2, -0.15) is 0 Å². The Labute approximate surface area is 217 Å². The fraction of sp³-hybridized carbons (Fsp3) is 0.464. The maximum atomic E-state index is 13.4. The monoisotopic (exact) mass is 501 g/mol. The number of anilines is 1. The van der Waals surface area contributed by atoms with Crippen LogP contribution in [-0.4, -0.2) is 52.0 Å². The van der Waals surface area contributed by atoms with E-state index in [9.17, 15) is 9.59 Å². The number of H-pyrrole nitrogens is 1. The number of aromatic nitrogens is 4. The molecule has 2 aliphatic rings. The highest BCUT2D eigenvalue weighted by Crippen LogP contribution is 2.26. The maximum Gasteiger partial charge on any atom is 0.270 e. The lowest BCUT2D eigenvalue weighted by Crippen LogP contribution is -2.43. The van der Waals surface area contributed by atoms with Crippen molar-refractivity contribution in [2.24, 2.45) is 0 Å². The smallest absolute Gasteiger partial charge is 0.270 e. The van der Waals surface area contributed by atoms with Gasteiger partial charge in [-0.1, -0.05) is 13.3 Å². The van der Waals surface area contributed by atoms with Gasteiger partial charge < -0.3 is 20.5 Å². The molecule has 1 fully saturated rings. The van der Waals surface area contributed by atoms with Crippen LogP contribution in [0, 0.1) is 6.92 Å². The van der Waals surface area contributed by atoms with Crippen LogP contribution >= 0.6 is 0 Å². The van der Waals surface area contributed by atoms with E-state index in [0.717, 1.165) is 98.6 Å². The molecule has 1 aliphatic heterocycles. The van der Waals surface area contributed by atoms with Crippen LogP contribution in [0.15, 0.2) is 29.2 Å². The number of fused-ring (bicyclic) bond motifs is 1. The Hall–Kier alpha value is -3.59. The Morgan fingerprint density at radius 2 is 1.95 bits per heavy atom. The molecule has 1 amide bonds. The van der Waals surface area contributed by atoms with Crippen molar-refractivity contribution in [2.75, 3.05) is 31.1 Å². The van der Waals surface area contributed by atoms with E-state index in [2.05, 4.69) is 32.4 Å². The molecule has 0 spiro atoms. The zero-order valence-electron chi connectivity index (χ0n) is 21.7. The molecule has 37 heavy (non-hydrogen) atoms. The molecule has 1 saturated heterocycles. The Kier molecular flexibility index (Phi) is 7.60. The number of aryl methyl sites for hydroxylation is 3. The largest absolute Gasteiger partial charge is 0.354 e. The topological polar surface area (TPSA) is 116 Å². The minimum atomic E-state index is -0.269. The molecule has 194 valence electrons. The molecular formula is C28H35N7O2. The van der Waals surface area contributed by atoms with Gasteiger partial charge in [0.25, 0.3) is 11.5 Å². The van der Waals surface area contributed by atoms with Gasteiger partial charge in [0.2, 0.25) is 0 Å². The first-order valence-electron chi connectivity index (χ1n) is 13.3. The number of rotatable bonds is 7. The van der Waals surface area contributed by atoms with Crippen molar-refractivity contribution < 1.29 is 4.79 Å². The second-order valence-electron chi connectivity index (χ2n) is 9.89. The Bertz CT molecular complexity index is 1330. The third kappa shape index (κ3) is 5.56. The third-order valence-corrected chi connectivity index (χ3v) is 7.15. The average molecular weight is 502 g/mol. The minimum absolute atomic E-state index is 0.148. The molecule has 0 atom stereocenters. The average Bonchev–Trinajstić information content (AvgIpc) is 2.92. The van der Waals surface area contributed by atoms with Gasteiger partial charge >= 0.3 is 0 Å². The minimum Gasteiger partial charge on any atom is -0.354 e. The summed E-state index contributed by atoms with van der Waals surface area (Å²) in [5.74, 6) is 1.19. The van der Waals surface area contributed by atoms with E-state index < -0.39 is 0 Å². The Balaban J connectivity index is 1.41.